The summed E-state index contributed by atoms with van der Waals surface area (Å²) in [5.41, 5.74) is 0.474. The zero-order valence-electron chi connectivity index (χ0n) is 14.9. The lowest BCUT2D eigenvalue weighted by Gasteiger charge is -2.18. The van der Waals surface area contributed by atoms with Crippen molar-refractivity contribution in [1.29, 1.82) is 0 Å². The number of likely N-dealkylation sites (N-methyl/N-ethyl adjacent to an activating group) is 1. The van der Waals surface area contributed by atoms with E-state index in [1.165, 1.54) is 34.1 Å². The molecule has 0 radical (unpaired) electrons. The Kier molecular flexibility index (Phi) is 4.26. The van der Waals surface area contributed by atoms with Crippen LogP contribution in [0.5, 0.6) is 0 Å². The van der Waals surface area contributed by atoms with Crippen molar-refractivity contribution in [2.24, 2.45) is 0 Å². The fraction of sp³-hybridized carbons (Fsp3) is 0.158. The number of hydrogen-bond acceptors (Lipinski definition) is 4. The van der Waals surface area contributed by atoms with Crippen LogP contribution < -0.4 is 15.5 Å². The molecule has 2 heterocycles. The molecule has 0 aliphatic carbocycles. The van der Waals surface area contributed by atoms with Crippen molar-refractivity contribution in [2.45, 2.75) is 13.1 Å². The zero-order chi connectivity index (χ0) is 19.8. The van der Waals surface area contributed by atoms with E-state index < -0.39 is 17.5 Å². The summed E-state index contributed by atoms with van der Waals surface area (Å²) in [6, 6.07) is 13.9. The molecule has 0 bridgehead atoms. The molecule has 9 heteroatoms. The molecular weight excluding hydrogens is 365 g/mol. The molecule has 8 nitrogen and oxygen atoms in total. The van der Waals surface area contributed by atoms with Crippen LogP contribution in [0.2, 0.25) is 0 Å². The van der Waals surface area contributed by atoms with E-state index >= 15 is 0 Å². The van der Waals surface area contributed by atoms with Crippen molar-refractivity contribution >= 4 is 23.3 Å². The highest BCUT2D eigenvalue weighted by molar-refractivity contribution is 5.96. The van der Waals surface area contributed by atoms with Gasteiger partial charge in [0.05, 0.1) is 6.54 Å². The molecule has 1 aliphatic rings. The first-order valence-electron chi connectivity index (χ1n) is 8.53. The molecule has 0 atom stereocenters. The van der Waals surface area contributed by atoms with Crippen LogP contribution >= 0.6 is 0 Å². The number of carbonyl (C=O) groups excluding carboxylic acids is 2. The molecule has 0 N–H and O–H groups in total. The Morgan fingerprint density at radius 3 is 2.46 bits per heavy atom. The number of fused-ring (bicyclic) bond motifs is 1. The number of amides is 2. The number of halogens is 1. The number of nitrogens with zero attached hydrogens (tertiary/aromatic N) is 5. The van der Waals surface area contributed by atoms with Crippen molar-refractivity contribution in [1.82, 2.24) is 14.3 Å². The first-order chi connectivity index (χ1) is 13.5. The number of para-hydroxylation sites is 1. The minimum absolute atomic E-state index is 0.0649. The minimum Gasteiger partial charge on any atom is -0.314 e. The van der Waals surface area contributed by atoms with Gasteiger partial charge in [0.2, 0.25) is 5.91 Å². The molecule has 142 valence electrons. The summed E-state index contributed by atoms with van der Waals surface area (Å²) in [5.74, 6) is -0.557. The summed E-state index contributed by atoms with van der Waals surface area (Å²) in [6.45, 7) is -0.268. The third-order valence-electron chi connectivity index (χ3n) is 4.58. The predicted molar refractivity (Wildman–Crippen MR) is 99.7 cm³/mol. The van der Waals surface area contributed by atoms with E-state index in [9.17, 15) is 18.8 Å². The largest absolute Gasteiger partial charge is 0.365 e. The Bertz CT molecular complexity index is 1100. The molecule has 0 spiro atoms. The maximum Gasteiger partial charge on any atom is 0.365 e. The Morgan fingerprint density at radius 1 is 1.11 bits per heavy atom. The van der Waals surface area contributed by atoms with Crippen LogP contribution in [0.15, 0.2) is 59.4 Å². The molecule has 3 aromatic rings. The van der Waals surface area contributed by atoms with E-state index in [1.54, 1.807) is 31.3 Å². The van der Waals surface area contributed by atoms with Crippen molar-refractivity contribution in [3.8, 4) is 0 Å². The smallest absolute Gasteiger partial charge is 0.314 e. The normalized spacial score (nSPS) is 12.9. The number of anilines is 2. The molecule has 0 fully saturated rings. The molecule has 1 aromatic heterocycles. The lowest BCUT2D eigenvalue weighted by molar-refractivity contribution is -0.119. The van der Waals surface area contributed by atoms with E-state index in [0.717, 1.165) is 9.36 Å². The Hall–Kier alpha value is -3.75. The Morgan fingerprint density at radius 2 is 1.79 bits per heavy atom. The van der Waals surface area contributed by atoms with Gasteiger partial charge in [0.25, 0.3) is 0 Å². The van der Waals surface area contributed by atoms with Gasteiger partial charge in [0.15, 0.2) is 5.82 Å². The van der Waals surface area contributed by atoms with Gasteiger partial charge in [-0.05, 0) is 36.4 Å². The maximum absolute atomic E-state index is 13.1. The monoisotopic (exact) mass is 381 g/mol. The van der Waals surface area contributed by atoms with Crippen molar-refractivity contribution in [2.75, 3.05) is 16.8 Å². The first-order valence-corrected chi connectivity index (χ1v) is 8.53. The third-order valence-corrected chi connectivity index (χ3v) is 4.58. The summed E-state index contributed by atoms with van der Waals surface area (Å²) in [4.78, 5) is 44.3. The van der Waals surface area contributed by atoms with Crippen molar-refractivity contribution in [3.05, 3.63) is 76.7 Å². The topological polar surface area (TPSA) is 80.4 Å². The summed E-state index contributed by atoms with van der Waals surface area (Å²) < 4.78 is 15.3. The fourth-order valence-corrected chi connectivity index (χ4v) is 3.07. The van der Waals surface area contributed by atoms with Crippen LogP contribution in [0.4, 0.5) is 20.6 Å². The highest BCUT2D eigenvalue weighted by Crippen LogP contribution is 2.23. The van der Waals surface area contributed by atoms with E-state index in [4.69, 9.17) is 0 Å². The highest BCUT2D eigenvalue weighted by atomic mass is 19.1. The Labute approximate surface area is 159 Å². The van der Waals surface area contributed by atoms with Crippen molar-refractivity contribution < 1.29 is 14.0 Å². The summed E-state index contributed by atoms with van der Waals surface area (Å²) >= 11 is 0. The average Bonchev–Trinajstić information content (AvgIpc) is 3.18. The number of aromatic nitrogens is 3. The summed E-state index contributed by atoms with van der Waals surface area (Å²) in [6.07, 6.45) is 0. The average molecular weight is 381 g/mol. The van der Waals surface area contributed by atoms with E-state index in [1.807, 2.05) is 6.07 Å². The molecule has 2 aromatic carbocycles. The SMILES string of the molecule is CN(C(=O)Cn1c(=O)nc2n1C(=O)N(c1ccc(F)cc1)C2)c1ccccc1. The quantitative estimate of drug-likeness (QED) is 0.691. The van der Waals surface area contributed by atoms with Gasteiger partial charge >= 0.3 is 11.7 Å². The van der Waals surface area contributed by atoms with Crippen LogP contribution in [-0.4, -0.2) is 33.3 Å². The number of carbonyl (C=O) groups is 2. The number of hydrogen-bond donors (Lipinski definition) is 0. The summed E-state index contributed by atoms with van der Waals surface area (Å²) in [5, 5.41) is 0. The second-order valence-electron chi connectivity index (χ2n) is 6.31. The van der Waals surface area contributed by atoms with E-state index in [2.05, 4.69) is 4.98 Å². The third kappa shape index (κ3) is 2.96. The molecule has 28 heavy (non-hydrogen) atoms. The van der Waals surface area contributed by atoms with Crippen LogP contribution in [0.3, 0.4) is 0 Å². The van der Waals surface area contributed by atoms with Gasteiger partial charge in [0.1, 0.15) is 12.4 Å². The second kappa shape index (κ2) is 6.76. The van der Waals surface area contributed by atoms with E-state index in [-0.39, 0.29) is 24.8 Å². The van der Waals surface area contributed by atoms with Crippen LogP contribution in [0, 0.1) is 5.82 Å². The lowest BCUT2D eigenvalue weighted by atomic mass is 10.3. The van der Waals surface area contributed by atoms with Gasteiger partial charge in [0, 0.05) is 18.4 Å². The first kappa shape index (κ1) is 17.7. The molecule has 0 saturated heterocycles. The van der Waals surface area contributed by atoms with Gasteiger partial charge in [-0.1, -0.05) is 18.2 Å². The number of benzene rings is 2. The van der Waals surface area contributed by atoms with Crippen molar-refractivity contribution in [3.63, 3.8) is 0 Å². The molecule has 4 rings (SSSR count). The maximum atomic E-state index is 13.1. The number of rotatable bonds is 4. The molecule has 0 unspecified atom stereocenters. The molecular formula is C19H16FN5O3. The highest BCUT2D eigenvalue weighted by Gasteiger charge is 2.34. The molecule has 2 amide bonds. The second-order valence-corrected chi connectivity index (χ2v) is 6.31. The van der Waals surface area contributed by atoms with Crippen LogP contribution in [0.1, 0.15) is 5.82 Å². The molecule has 0 saturated carbocycles. The molecule has 1 aliphatic heterocycles. The van der Waals surface area contributed by atoms with Gasteiger partial charge in [-0.25, -0.2) is 18.7 Å². The zero-order valence-corrected chi connectivity index (χ0v) is 14.9. The summed E-state index contributed by atoms with van der Waals surface area (Å²) in [7, 11) is 1.59. The predicted octanol–water partition coefficient (Wildman–Crippen LogP) is 1.84. The lowest BCUT2D eigenvalue weighted by Crippen LogP contribution is -2.39. The van der Waals surface area contributed by atoms with Gasteiger partial charge in [-0.2, -0.15) is 9.67 Å². The Balaban J connectivity index is 1.60. The standard InChI is InChI=1S/C19H16FN5O3/c1-22(14-5-3-2-4-6-14)17(26)12-24-18(27)21-16-11-23(19(28)25(16)24)15-9-7-13(20)8-10-15/h2-10H,11-12H2,1H3. The van der Waals surface area contributed by atoms with Gasteiger partial charge < -0.3 is 4.90 Å². The fourth-order valence-electron chi connectivity index (χ4n) is 3.07. The van der Waals surface area contributed by atoms with E-state index in [0.29, 0.717) is 11.4 Å². The minimum atomic E-state index is -0.670. The van der Waals surface area contributed by atoms with Gasteiger partial charge in [-0.3, -0.25) is 9.69 Å². The van der Waals surface area contributed by atoms with Gasteiger partial charge in [-0.15, -0.1) is 0 Å². The van der Waals surface area contributed by atoms with Crippen LogP contribution in [-0.2, 0) is 17.9 Å². The van der Waals surface area contributed by atoms with Crippen LogP contribution in [0.25, 0.3) is 0 Å².